The second-order valence-corrected chi connectivity index (χ2v) is 7.85. The maximum atomic E-state index is 12.3. The Morgan fingerprint density at radius 1 is 1.32 bits per heavy atom. The highest BCUT2D eigenvalue weighted by molar-refractivity contribution is 9.10. The van der Waals surface area contributed by atoms with E-state index in [2.05, 4.69) is 38.3 Å². The number of nitrogens with zero attached hydrogens (tertiary/aromatic N) is 1. The zero-order valence-corrected chi connectivity index (χ0v) is 15.6. The van der Waals surface area contributed by atoms with Crippen LogP contribution in [0.5, 0.6) is 0 Å². The molecule has 1 amide bonds. The molecule has 0 bridgehead atoms. The normalized spacial score (nSPS) is 16.0. The van der Waals surface area contributed by atoms with Gasteiger partial charge in [0.05, 0.1) is 0 Å². The fourth-order valence-electron chi connectivity index (χ4n) is 2.76. The summed E-state index contributed by atoms with van der Waals surface area (Å²) >= 11 is 5.19. The molecule has 1 heterocycles. The Bertz CT molecular complexity index is 458. The molecular formula is C17H25BrN2OS. The molecule has 1 aliphatic heterocycles. The average molecular weight is 385 g/mol. The van der Waals surface area contributed by atoms with Crippen molar-refractivity contribution in [2.75, 3.05) is 32.4 Å². The van der Waals surface area contributed by atoms with Gasteiger partial charge in [-0.3, -0.25) is 4.79 Å². The summed E-state index contributed by atoms with van der Waals surface area (Å²) in [5, 5.41) is 3.21. The number of piperidine rings is 1. The molecule has 1 aliphatic rings. The SMILES string of the molecule is CNCCC1CCN(C(=O)CCSc2ccc(Br)cc2)CC1. The lowest BCUT2D eigenvalue weighted by Gasteiger charge is -2.32. The van der Waals surface area contributed by atoms with Gasteiger partial charge in [0.2, 0.25) is 5.91 Å². The smallest absolute Gasteiger partial charge is 0.223 e. The molecule has 5 heteroatoms. The van der Waals surface area contributed by atoms with Crippen molar-refractivity contribution in [1.29, 1.82) is 0 Å². The van der Waals surface area contributed by atoms with Crippen LogP contribution in [-0.4, -0.2) is 43.2 Å². The third-order valence-electron chi connectivity index (χ3n) is 4.17. The summed E-state index contributed by atoms with van der Waals surface area (Å²) in [5.41, 5.74) is 0. The Hall–Kier alpha value is -0.520. The van der Waals surface area contributed by atoms with E-state index in [4.69, 9.17) is 0 Å². The van der Waals surface area contributed by atoms with E-state index >= 15 is 0 Å². The topological polar surface area (TPSA) is 32.3 Å². The molecule has 1 saturated heterocycles. The average Bonchev–Trinajstić information content (AvgIpc) is 2.55. The number of hydrogen-bond donors (Lipinski definition) is 1. The first-order chi connectivity index (χ1) is 10.7. The molecule has 0 atom stereocenters. The predicted molar refractivity (Wildman–Crippen MR) is 97.3 cm³/mol. The van der Waals surface area contributed by atoms with E-state index in [1.807, 2.05) is 19.2 Å². The van der Waals surface area contributed by atoms with Crippen LogP contribution >= 0.6 is 27.7 Å². The van der Waals surface area contributed by atoms with Gasteiger partial charge in [0.15, 0.2) is 0 Å². The fraction of sp³-hybridized carbons (Fsp3) is 0.588. The van der Waals surface area contributed by atoms with Gasteiger partial charge in [-0.25, -0.2) is 0 Å². The van der Waals surface area contributed by atoms with Crippen LogP contribution in [0.3, 0.4) is 0 Å². The largest absolute Gasteiger partial charge is 0.343 e. The lowest BCUT2D eigenvalue weighted by molar-refractivity contribution is -0.132. The molecule has 0 aromatic heterocycles. The number of hydrogen-bond acceptors (Lipinski definition) is 3. The zero-order valence-electron chi connectivity index (χ0n) is 13.2. The first kappa shape index (κ1) is 17.8. The summed E-state index contributed by atoms with van der Waals surface area (Å²) in [4.78, 5) is 15.5. The Morgan fingerprint density at radius 3 is 2.64 bits per heavy atom. The standard InChI is InChI=1S/C17H25BrN2OS/c1-19-10-6-14-7-11-20(12-8-14)17(21)9-13-22-16-4-2-15(18)3-5-16/h2-5,14,19H,6-13H2,1H3. The Balaban J connectivity index is 1.64. The van der Waals surface area contributed by atoms with Crippen LogP contribution in [0, 0.1) is 5.92 Å². The van der Waals surface area contributed by atoms with Crippen LogP contribution in [-0.2, 0) is 4.79 Å². The number of halogens is 1. The first-order valence-corrected chi connectivity index (χ1v) is 9.77. The van der Waals surface area contributed by atoms with Gasteiger partial charge in [-0.05, 0) is 63.0 Å². The molecule has 0 spiro atoms. The quantitative estimate of drug-likeness (QED) is 0.725. The predicted octanol–water partition coefficient (Wildman–Crippen LogP) is 3.78. The Kier molecular flexibility index (Phi) is 7.76. The van der Waals surface area contributed by atoms with Crippen molar-refractivity contribution in [3.8, 4) is 0 Å². The molecule has 0 unspecified atom stereocenters. The van der Waals surface area contributed by atoms with Gasteiger partial charge in [-0.1, -0.05) is 15.9 Å². The second kappa shape index (κ2) is 9.58. The van der Waals surface area contributed by atoms with Crippen molar-refractivity contribution >= 4 is 33.6 Å². The summed E-state index contributed by atoms with van der Waals surface area (Å²) in [6, 6.07) is 8.26. The molecule has 1 fully saturated rings. The maximum Gasteiger partial charge on any atom is 0.223 e. The third-order valence-corrected chi connectivity index (χ3v) is 5.71. The highest BCUT2D eigenvalue weighted by atomic mass is 79.9. The molecule has 1 N–H and O–H groups in total. The van der Waals surface area contributed by atoms with Crippen LogP contribution in [0.4, 0.5) is 0 Å². The van der Waals surface area contributed by atoms with Gasteiger partial charge >= 0.3 is 0 Å². The molecule has 122 valence electrons. The summed E-state index contributed by atoms with van der Waals surface area (Å²) < 4.78 is 1.09. The van der Waals surface area contributed by atoms with Crippen molar-refractivity contribution in [2.24, 2.45) is 5.92 Å². The molecule has 0 radical (unpaired) electrons. The Morgan fingerprint density at radius 2 is 2.00 bits per heavy atom. The van der Waals surface area contributed by atoms with E-state index in [-0.39, 0.29) is 0 Å². The molecule has 1 aromatic carbocycles. The van der Waals surface area contributed by atoms with Crippen molar-refractivity contribution in [3.05, 3.63) is 28.7 Å². The van der Waals surface area contributed by atoms with Crippen LogP contribution in [0.15, 0.2) is 33.6 Å². The van der Waals surface area contributed by atoms with E-state index in [0.29, 0.717) is 12.3 Å². The van der Waals surface area contributed by atoms with Crippen LogP contribution in [0.1, 0.15) is 25.7 Å². The minimum Gasteiger partial charge on any atom is -0.343 e. The number of thioether (sulfide) groups is 1. The van der Waals surface area contributed by atoms with E-state index in [1.54, 1.807) is 11.8 Å². The lowest BCUT2D eigenvalue weighted by Crippen LogP contribution is -2.39. The Labute approximate surface area is 146 Å². The number of carbonyl (C=O) groups excluding carboxylic acids is 1. The zero-order chi connectivity index (χ0) is 15.8. The fourth-order valence-corrected chi connectivity index (χ4v) is 3.87. The number of amides is 1. The van der Waals surface area contributed by atoms with Gasteiger partial charge in [0, 0.05) is 34.6 Å². The van der Waals surface area contributed by atoms with Crippen LogP contribution < -0.4 is 5.32 Å². The second-order valence-electron chi connectivity index (χ2n) is 5.77. The van der Waals surface area contributed by atoms with Crippen LogP contribution in [0.2, 0.25) is 0 Å². The third kappa shape index (κ3) is 5.94. The number of likely N-dealkylation sites (tertiary alicyclic amines) is 1. The van der Waals surface area contributed by atoms with E-state index in [1.165, 1.54) is 11.3 Å². The van der Waals surface area contributed by atoms with Gasteiger partial charge < -0.3 is 10.2 Å². The summed E-state index contributed by atoms with van der Waals surface area (Å²) in [6.45, 7) is 2.97. The molecule has 3 nitrogen and oxygen atoms in total. The van der Waals surface area contributed by atoms with Gasteiger partial charge in [-0.15, -0.1) is 11.8 Å². The van der Waals surface area contributed by atoms with E-state index < -0.39 is 0 Å². The highest BCUT2D eigenvalue weighted by Gasteiger charge is 2.21. The molecular weight excluding hydrogens is 360 g/mol. The van der Waals surface area contributed by atoms with Crippen molar-refractivity contribution in [1.82, 2.24) is 10.2 Å². The number of nitrogens with one attached hydrogen (secondary N) is 1. The summed E-state index contributed by atoms with van der Waals surface area (Å²) in [7, 11) is 2.00. The van der Waals surface area contributed by atoms with Gasteiger partial charge in [-0.2, -0.15) is 0 Å². The van der Waals surface area contributed by atoms with Crippen molar-refractivity contribution in [2.45, 2.75) is 30.6 Å². The lowest BCUT2D eigenvalue weighted by atomic mass is 9.93. The van der Waals surface area contributed by atoms with Crippen LogP contribution in [0.25, 0.3) is 0 Å². The first-order valence-electron chi connectivity index (χ1n) is 8.00. The molecule has 0 aliphatic carbocycles. The maximum absolute atomic E-state index is 12.3. The summed E-state index contributed by atoms with van der Waals surface area (Å²) in [6.07, 6.45) is 4.19. The van der Waals surface area contributed by atoms with Gasteiger partial charge in [0.25, 0.3) is 0 Å². The highest BCUT2D eigenvalue weighted by Crippen LogP contribution is 2.23. The van der Waals surface area contributed by atoms with Crippen molar-refractivity contribution < 1.29 is 4.79 Å². The minimum atomic E-state index is 0.316. The van der Waals surface area contributed by atoms with E-state index in [9.17, 15) is 4.79 Å². The molecule has 1 aromatic rings. The number of carbonyl (C=O) groups is 1. The minimum absolute atomic E-state index is 0.316. The van der Waals surface area contributed by atoms with E-state index in [0.717, 1.165) is 48.6 Å². The number of rotatable bonds is 7. The molecule has 2 rings (SSSR count). The van der Waals surface area contributed by atoms with Crippen molar-refractivity contribution in [3.63, 3.8) is 0 Å². The molecule has 0 saturated carbocycles. The van der Waals surface area contributed by atoms with Gasteiger partial charge in [0.1, 0.15) is 0 Å². The molecule has 22 heavy (non-hydrogen) atoms. The summed E-state index contributed by atoms with van der Waals surface area (Å²) in [5.74, 6) is 1.96. The number of benzene rings is 1. The monoisotopic (exact) mass is 384 g/mol.